The Hall–Kier alpha value is -1.89. The fraction of sp³-hybridized carbons (Fsp3) is 0.722. The third kappa shape index (κ3) is 4.81. The van der Waals surface area contributed by atoms with Crippen molar-refractivity contribution in [1.82, 2.24) is 20.0 Å². The molecule has 2 rings (SSSR count). The highest BCUT2D eigenvalue weighted by Crippen LogP contribution is 2.21. The van der Waals surface area contributed by atoms with Crippen LogP contribution in [0.15, 0.2) is 0 Å². The van der Waals surface area contributed by atoms with Gasteiger partial charge >= 0.3 is 0 Å². The molecule has 7 nitrogen and oxygen atoms in total. The minimum absolute atomic E-state index is 0.0275. The molecule has 0 aliphatic carbocycles. The van der Waals surface area contributed by atoms with Crippen LogP contribution >= 0.6 is 0 Å². The Bertz CT molecular complexity index is 625. The highest BCUT2D eigenvalue weighted by atomic mass is 16.2. The zero-order chi connectivity index (χ0) is 18.6. The van der Waals surface area contributed by atoms with Gasteiger partial charge in [0.05, 0.1) is 12.2 Å². The standard InChI is InChI=1S/C18H31N5O2/c1-5-7-14-8-22(10-17(19)24)9-16(14)20-18(25)11-23-13(4)15(6-2)12(3)21-23/h14,16H,5-11H2,1-4H3,(H2,19,24)(H,20,25)/t14-,16-/m0/s1. The Balaban J connectivity index is 1.99. The number of primary amides is 1. The molecule has 1 aliphatic heterocycles. The van der Waals surface area contributed by atoms with Crippen LogP contribution in [0, 0.1) is 19.8 Å². The van der Waals surface area contributed by atoms with E-state index in [1.54, 1.807) is 4.68 Å². The van der Waals surface area contributed by atoms with Gasteiger partial charge in [0.25, 0.3) is 0 Å². The van der Waals surface area contributed by atoms with Gasteiger partial charge in [0, 0.05) is 24.8 Å². The van der Waals surface area contributed by atoms with Gasteiger partial charge in [0.1, 0.15) is 6.54 Å². The molecule has 0 radical (unpaired) electrons. The molecule has 0 spiro atoms. The van der Waals surface area contributed by atoms with Crippen molar-refractivity contribution in [3.05, 3.63) is 17.0 Å². The van der Waals surface area contributed by atoms with Gasteiger partial charge < -0.3 is 11.1 Å². The molecule has 1 aliphatic rings. The lowest BCUT2D eigenvalue weighted by Gasteiger charge is -2.19. The molecule has 0 unspecified atom stereocenters. The van der Waals surface area contributed by atoms with Crippen LogP contribution in [0.2, 0.25) is 0 Å². The van der Waals surface area contributed by atoms with Gasteiger partial charge in [-0.2, -0.15) is 5.10 Å². The van der Waals surface area contributed by atoms with Crippen LogP contribution in [-0.4, -0.2) is 52.2 Å². The van der Waals surface area contributed by atoms with Crippen LogP contribution in [0.4, 0.5) is 0 Å². The van der Waals surface area contributed by atoms with E-state index in [1.165, 1.54) is 5.56 Å². The number of hydrogen-bond donors (Lipinski definition) is 2. The number of aromatic nitrogens is 2. The lowest BCUT2D eigenvalue weighted by molar-refractivity contribution is -0.122. The van der Waals surface area contributed by atoms with Crippen molar-refractivity contribution in [2.24, 2.45) is 11.7 Å². The van der Waals surface area contributed by atoms with E-state index in [1.807, 2.05) is 18.7 Å². The van der Waals surface area contributed by atoms with Gasteiger partial charge in [-0.3, -0.25) is 19.2 Å². The summed E-state index contributed by atoms with van der Waals surface area (Å²) in [5, 5.41) is 7.64. The highest BCUT2D eigenvalue weighted by molar-refractivity contribution is 5.77. The zero-order valence-corrected chi connectivity index (χ0v) is 15.8. The average molecular weight is 349 g/mol. The second-order valence-electron chi connectivity index (χ2n) is 7.04. The van der Waals surface area contributed by atoms with Gasteiger partial charge in [0.15, 0.2) is 0 Å². The first-order valence-electron chi connectivity index (χ1n) is 9.18. The van der Waals surface area contributed by atoms with Gasteiger partial charge in [-0.25, -0.2) is 0 Å². The predicted molar refractivity (Wildman–Crippen MR) is 97.0 cm³/mol. The van der Waals surface area contributed by atoms with E-state index in [-0.39, 0.29) is 30.9 Å². The molecule has 1 aromatic rings. The maximum absolute atomic E-state index is 12.5. The number of rotatable bonds is 8. The van der Waals surface area contributed by atoms with Crippen molar-refractivity contribution in [3.8, 4) is 0 Å². The van der Waals surface area contributed by atoms with Crippen molar-refractivity contribution in [1.29, 1.82) is 0 Å². The molecule has 0 aromatic carbocycles. The molecule has 3 N–H and O–H groups in total. The van der Waals surface area contributed by atoms with E-state index in [4.69, 9.17) is 5.73 Å². The summed E-state index contributed by atoms with van der Waals surface area (Å²) in [6.45, 7) is 10.2. The molecular formula is C18H31N5O2. The smallest absolute Gasteiger partial charge is 0.242 e. The Kier molecular flexibility index (Phi) is 6.58. The maximum atomic E-state index is 12.5. The lowest BCUT2D eigenvalue weighted by Crippen LogP contribution is -2.42. The van der Waals surface area contributed by atoms with Crippen molar-refractivity contribution in [2.75, 3.05) is 19.6 Å². The summed E-state index contributed by atoms with van der Waals surface area (Å²) in [4.78, 5) is 25.7. The minimum atomic E-state index is -0.322. The summed E-state index contributed by atoms with van der Waals surface area (Å²) in [5.41, 5.74) is 8.57. The predicted octanol–water partition coefficient (Wildman–Crippen LogP) is 0.764. The van der Waals surface area contributed by atoms with Crippen molar-refractivity contribution < 1.29 is 9.59 Å². The van der Waals surface area contributed by atoms with E-state index in [0.717, 1.165) is 37.2 Å². The first-order valence-corrected chi connectivity index (χ1v) is 9.18. The summed E-state index contributed by atoms with van der Waals surface area (Å²) in [5.74, 6) is 0.0113. The van der Waals surface area contributed by atoms with Crippen LogP contribution in [0.3, 0.4) is 0 Å². The summed E-state index contributed by atoms with van der Waals surface area (Å²) < 4.78 is 1.79. The third-order valence-electron chi connectivity index (χ3n) is 5.08. The van der Waals surface area contributed by atoms with Crippen molar-refractivity contribution in [2.45, 2.75) is 59.5 Å². The zero-order valence-electron chi connectivity index (χ0n) is 15.8. The maximum Gasteiger partial charge on any atom is 0.242 e. The Morgan fingerprint density at radius 2 is 1.96 bits per heavy atom. The third-order valence-corrected chi connectivity index (χ3v) is 5.08. The van der Waals surface area contributed by atoms with E-state index in [0.29, 0.717) is 12.5 Å². The number of nitrogens with two attached hydrogens (primary N) is 1. The van der Waals surface area contributed by atoms with Gasteiger partial charge in [-0.05, 0) is 38.2 Å². The molecule has 1 aromatic heterocycles. The Labute approximate surface area is 149 Å². The summed E-state index contributed by atoms with van der Waals surface area (Å²) >= 11 is 0. The first-order chi connectivity index (χ1) is 11.8. The fourth-order valence-electron chi connectivity index (χ4n) is 3.92. The fourth-order valence-corrected chi connectivity index (χ4v) is 3.92. The highest BCUT2D eigenvalue weighted by Gasteiger charge is 2.33. The van der Waals surface area contributed by atoms with E-state index in [9.17, 15) is 9.59 Å². The summed E-state index contributed by atoms with van der Waals surface area (Å²) in [6, 6.07) is 0.0643. The van der Waals surface area contributed by atoms with E-state index in [2.05, 4.69) is 24.3 Å². The molecule has 1 saturated heterocycles. The number of nitrogens with one attached hydrogen (secondary N) is 1. The second-order valence-corrected chi connectivity index (χ2v) is 7.04. The van der Waals surface area contributed by atoms with Crippen LogP contribution in [0.5, 0.6) is 0 Å². The number of hydrogen-bond acceptors (Lipinski definition) is 4. The number of nitrogens with zero attached hydrogens (tertiary/aromatic N) is 3. The number of amides is 2. The first kappa shape index (κ1) is 19.4. The quantitative estimate of drug-likeness (QED) is 0.725. The minimum Gasteiger partial charge on any atom is -0.369 e. The van der Waals surface area contributed by atoms with E-state index < -0.39 is 0 Å². The average Bonchev–Trinajstić information content (AvgIpc) is 2.99. The normalized spacial score (nSPS) is 20.8. The number of carbonyl (C=O) groups is 2. The Morgan fingerprint density at radius 3 is 2.52 bits per heavy atom. The van der Waals surface area contributed by atoms with Crippen molar-refractivity contribution in [3.63, 3.8) is 0 Å². The number of aryl methyl sites for hydroxylation is 1. The molecule has 0 bridgehead atoms. The van der Waals surface area contributed by atoms with Gasteiger partial charge in [-0.1, -0.05) is 20.3 Å². The summed E-state index contributed by atoms with van der Waals surface area (Å²) in [6.07, 6.45) is 3.00. The number of likely N-dealkylation sites (tertiary alicyclic amines) is 1. The largest absolute Gasteiger partial charge is 0.369 e. The SMILES string of the molecule is CCC[C@H]1CN(CC(N)=O)C[C@@H]1NC(=O)Cn1nc(C)c(CC)c1C. The van der Waals surface area contributed by atoms with Gasteiger partial charge in [0.2, 0.25) is 11.8 Å². The monoisotopic (exact) mass is 349 g/mol. The van der Waals surface area contributed by atoms with Crippen LogP contribution < -0.4 is 11.1 Å². The molecule has 2 heterocycles. The second kappa shape index (κ2) is 8.47. The topological polar surface area (TPSA) is 93.3 Å². The molecule has 0 saturated carbocycles. The van der Waals surface area contributed by atoms with Crippen LogP contribution in [0.1, 0.15) is 43.6 Å². The van der Waals surface area contributed by atoms with Crippen LogP contribution in [-0.2, 0) is 22.6 Å². The molecule has 2 atom stereocenters. The molecule has 2 amide bonds. The van der Waals surface area contributed by atoms with Gasteiger partial charge in [-0.15, -0.1) is 0 Å². The lowest BCUT2D eigenvalue weighted by atomic mass is 9.98. The van der Waals surface area contributed by atoms with E-state index >= 15 is 0 Å². The molecular weight excluding hydrogens is 318 g/mol. The molecule has 140 valence electrons. The van der Waals surface area contributed by atoms with Crippen molar-refractivity contribution >= 4 is 11.8 Å². The molecule has 7 heteroatoms. The number of carbonyl (C=O) groups excluding carboxylic acids is 2. The molecule has 1 fully saturated rings. The molecule has 25 heavy (non-hydrogen) atoms. The van der Waals surface area contributed by atoms with Crippen LogP contribution in [0.25, 0.3) is 0 Å². The Morgan fingerprint density at radius 1 is 1.24 bits per heavy atom. The summed E-state index contributed by atoms with van der Waals surface area (Å²) in [7, 11) is 0.